The van der Waals surface area contributed by atoms with Crippen LogP contribution in [0.25, 0.3) is 0 Å². The summed E-state index contributed by atoms with van der Waals surface area (Å²) >= 11 is 5.15. The van der Waals surface area contributed by atoms with Crippen molar-refractivity contribution >= 4 is 21.9 Å². The summed E-state index contributed by atoms with van der Waals surface area (Å²) in [6, 6.07) is 0. The van der Waals surface area contributed by atoms with Crippen molar-refractivity contribution in [1.82, 2.24) is 4.84 Å². The molecule has 0 saturated carbocycles. The molecule has 0 aliphatic carbocycles. The van der Waals surface area contributed by atoms with E-state index in [4.69, 9.17) is 11.8 Å². The average Bonchev–Trinajstić information content (AvgIpc) is 1.60. The van der Waals surface area contributed by atoms with Gasteiger partial charge in [0.25, 0.3) is 0 Å². The SMILES string of the molecule is CC(C)(CS(=O)(=O)[O-])NCl. The Labute approximate surface area is 65.4 Å². The molecule has 0 atom stereocenters. The molecule has 0 heterocycles. The first kappa shape index (κ1) is 10.2. The normalized spacial score (nSPS) is 13.6. The summed E-state index contributed by atoms with van der Waals surface area (Å²) in [6.07, 6.45) is 0. The molecule has 4 nitrogen and oxygen atoms in total. The van der Waals surface area contributed by atoms with Gasteiger partial charge in [-0.15, -0.1) is 0 Å². The van der Waals surface area contributed by atoms with Crippen LogP contribution in [0.3, 0.4) is 0 Å². The number of halogens is 1. The second-order valence-corrected chi connectivity index (χ2v) is 4.27. The lowest BCUT2D eigenvalue weighted by Crippen LogP contribution is -2.40. The summed E-state index contributed by atoms with van der Waals surface area (Å²) in [5.74, 6) is -0.510. The molecule has 0 aliphatic rings. The molecule has 0 aliphatic heterocycles. The van der Waals surface area contributed by atoms with Crippen LogP contribution in [0.5, 0.6) is 0 Å². The van der Waals surface area contributed by atoms with E-state index in [2.05, 4.69) is 4.84 Å². The topological polar surface area (TPSA) is 69.2 Å². The zero-order chi connectivity index (χ0) is 8.41. The molecule has 1 N–H and O–H groups in total. The van der Waals surface area contributed by atoms with E-state index in [1.54, 1.807) is 0 Å². The van der Waals surface area contributed by atoms with Gasteiger partial charge in [-0.2, -0.15) is 0 Å². The minimum atomic E-state index is -4.19. The first-order valence-electron chi connectivity index (χ1n) is 2.58. The van der Waals surface area contributed by atoms with E-state index >= 15 is 0 Å². The Morgan fingerprint density at radius 2 is 2.00 bits per heavy atom. The van der Waals surface area contributed by atoms with Gasteiger partial charge in [-0.3, -0.25) is 0 Å². The van der Waals surface area contributed by atoms with Gasteiger partial charge in [0.05, 0.1) is 15.9 Å². The first-order chi connectivity index (χ1) is 4.27. The van der Waals surface area contributed by atoms with Crippen molar-refractivity contribution in [3.63, 3.8) is 0 Å². The van der Waals surface area contributed by atoms with E-state index < -0.39 is 21.4 Å². The zero-order valence-electron chi connectivity index (χ0n) is 5.72. The van der Waals surface area contributed by atoms with Crippen LogP contribution >= 0.6 is 11.8 Å². The summed E-state index contributed by atoms with van der Waals surface area (Å²) in [4.78, 5) is 2.19. The van der Waals surface area contributed by atoms with Gasteiger partial charge in [-0.05, 0) is 25.6 Å². The van der Waals surface area contributed by atoms with Crippen LogP contribution in [0.2, 0.25) is 0 Å². The Morgan fingerprint density at radius 3 is 2.10 bits per heavy atom. The lowest BCUT2D eigenvalue weighted by atomic mass is 10.1. The van der Waals surface area contributed by atoms with Crippen LogP contribution in [0.1, 0.15) is 13.8 Å². The predicted molar refractivity (Wildman–Crippen MR) is 37.6 cm³/mol. The van der Waals surface area contributed by atoms with Gasteiger partial charge in [0.15, 0.2) is 0 Å². The van der Waals surface area contributed by atoms with Crippen molar-refractivity contribution < 1.29 is 13.0 Å². The molecule has 0 bridgehead atoms. The summed E-state index contributed by atoms with van der Waals surface area (Å²) in [7, 11) is -4.19. The van der Waals surface area contributed by atoms with Crippen molar-refractivity contribution in [2.75, 3.05) is 5.75 Å². The van der Waals surface area contributed by atoms with Crippen LogP contribution in [-0.4, -0.2) is 24.3 Å². The van der Waals surface area contributed by atoms with Gasteiger partial charge >= 0.3 is 0 Å². The highest BCUT2D eigenvalue weighted by Crippen LogP contribution is 2.05. The van der Waals surface area contributed by atoms with Gasteiger partial charge in [0.2, 0.25) is 0 Å². The van der Waals surface area contributed by atoms with Crippen LogP contribution in [-0.2, 0) is 10.1 Å². The lowest BCUT2D eigenvalue weighted by Gasteiger charge is -2.23. The molecule has 0 unspecified atom stereocenters. The highest BCUT2D eigenvalue weighted by Gasteiger charge is 2.18. The number of nitrogens with one attached hydrogen (secondary N) is 1. The van der Waals surface area contributed by atoms with Crippen LogP contribution in [0.4, 0.5) is 0 Å². The Kier molecular flexibility index (Phi) is 3.09. The monoisotopic (exact) mass is 186 g/mol. The molecule has 0 aromatic rings. The zero-order valence-corrected chi connectivity index (χ0v) is 7.29. The van der Waals surface area contributed by atoms with Gasteiger partial charge in [0.1, 0.15) is 0 Å². The molecule has 0 saturated heterocycles. The maximum absolute atomic E-state index is 10.2. The van der Waals surface area contributed by atoms with Crippen LogP contribution in [0.15, 0.2) is 0 Å². The van der Waals surface area contributed by atoms with Crippen LogP contribution in [0, 0.1) is 0 Å². The summed E-state index contributed by atoms with van der Waals surface area (Å²) in [6.45, 7) is 3.05. The van der Waals surface area contributed by atoms with E-state index in [0.717, 1.165) is 0 Å². The third kappa shape index (κ3) is 4.99. The maximum Gasteiger partial charge on any atom is 0.0964 e. The standard InChI is InChI=1S/C4H10ClNO3S/c1-4(2,6-5)3-10(7,8)9/h6H,3H2,1-2H3,(H,7,8,9)/p-1. The molecule has 0 aromatic carbocycles. The molecular formula is C4H9ClNO3S-. The first-order valence-corrected chi connectivity index (χ1v) is 4.54. The Bertz CT molecular complexity index is 199. The minimum Gasteiger partial charge on any atom is -0.748 e. The molecule has 0 fully saturated rings. The van der Waals surface area contributed by atoms with E-state index in [1.165, 1.54) is 13.8 Å². The third-order valence-electron chi connectivity index (χ3n) is 0.793. The van der Waals surface area contributed by atoms with Crippen molar-refractivity contribution in [3.8, 4) is 0 Å². The predicted octanol–water partition coefficient (Wildman–Crippen LogP) is 0.0536. The van der Waals surface area contributed by atoms with Crippen molar-refractivity contribution in [2.24, 2.45) is 0 Å². The van der Waals surface area contributed by atoms with Gasteiger partial charge in [-0.25, -0.2) is 13.3 Å². The van der Waals surface area contributed by atoms with E-state index in [-0.39, 0.29) is 0 Å². The van der Waals surface area contributed by atoms with Gasteiger partial charge < -0.3 is 4.55 Å². The Hall–Kier alpha value is 0.160. The molecule has 0 spiro atoms. The second-order valence-electron chi connectivity index (χ2n) is 2.68. The number of rotatable bonds is 3. The second kappa shape index (κ2) is 3.04. The lowest BCUT2D eigenvalue weighted by molar-refractivity contribution is 0.435. The summed E-state index contributed by atoms with van der Waals surface area (Å²) in [5, 5.41) is 0. The van der Waals surface area contributed by atoms with Crippen LogP contribution < -0.4 is 4.84 Å². The summed E-state index contributed by atoms with van der Waals surface area (Å²) < 4.78 is 30.5. The Morgan fingerprint density at radius 1 is 1.60 bits per heavy atom. The quantitative estimate of drug-likeness (QED) is 0.500. The Balaban J connectivity index is 4.16. The highest BCUT2D eigenvalue weighted by atomic mass is 35.5. The highest BCUT2D eigenvalue weighted by molar-refractivity contribution is 7.85. The molecule has 0 amide bonds. The van der Waals surface area contributed by atoms with Crippen molar-refractivity contribution in [2.45, 2.75) is 19.4 Å². The molecule has 0 radical (unpaired) electrons. The third-order valence-corrected chi connectivity index (χ3v) is 2.38. The van der Waals surface area contributed by atoms with Crippen molar-refractivity contribution in [3.05, 3.63) is 0 Å². The van der Waals surface area contributed by atoms with E-state index in [0.29, 0.717) is 0 Å². The van der Waals surface area contributed by atoms with Gasteiger partial charge in [-0.1, -0.05) is 0 Å². The number of hydrogen-bond donors (Lipinski definition) is 1. The van der Waals surface area contributed by atoms with Crippen molar-refractivity contribution in [1.29, 1.82) is 0 Å². The molecule has 6 heteroatoms. The molecular weight excluding hydrogens is 178 g/mol. The minimum absolute atomic E-state index is 0.510. The molecule has 0 rings (SSSR count). The number of hydrogen-bond acceptors (Lipinski definition) is 4. The molecule has 0 aromatic heterocycles. The average molecular weight is 187 g/mol. The fourth-order valence-electron chi connectivity index (χ4n) is 0.469. The van der Waals surface area contributed by atoms with E-state index in [9.17, 15) is 13.0 Å². The fourth-order valence-corrected chi connectivity index (χ4v) is 1.57. The smallest absolute Gasteiger partial charge is 0.0964 e. The largest absolute Gasteiger partial charge is 0.748 e. The summed E-state index contributed by atoms with van der Waals surface area (Å²) in [5.41, 5.74) is -0.859. The molecule has 10 heavy (non-hydrogen) atoms. The molecule has 62 valence electrons. The van der Waals surface area contributed by atoms with E-state index in [1.807, 2.05) is 0 Å². The van der Waals surface area contributed by atoms with Gasteiger partial charge in [0, 0.05) is 5.54 Å². The maximum atomic E-state index is 10.2. The fraction of sp³-hybridized carbons (Fsp3) is 1.00.